The van der Waals surface area contributed by atoms with Gasteiger partial charge in [0.1, 0.15) is 0 Å². The zero-order chi connectivity index (χ0) is 15.9. The molecule has 3 heteroatoms. The third-order valence-corrected chi connectivity index (χ3v) is 5.06. The Hall–Kier alpha value is -1.35. The SMILES string of the molecule is CC(=O)N1CCN(C(C)(C)C)C(c2ccccc2C2CC2)C1. The van der Waals surface area contributed by atoms with E-state index in [0.717, 1.165) is 25.6 Å². The molecule has 2 aliphatic rings. The minimum atomic E-state index is 0.115. The molecule has 0 radical (unpaired) electrons. The number of benzene rings is 1. The van der Waals surface area contributed by atoms with Gasteiger partial charge in [0.2, 0.25) is 5.91 Å². The Labute approximate surface area is 134 Å². The molecule has 1 unspecified atom stereocenters. The molecule has 1 aliphatic heterocycles. The maximum atomic E-state index is 11.9. The van der Waals surface area contributed by atoms with Gasteiger partial charge in [-0.1, -0.05) is 24.3 Å². The third-order valence-electron chi connectivity index (χ3n) is 5.06. The van der Waals surface area contributed by atoms with Crippen LogP contribution in [0.1, 0.15) is 63.6 Å². The summed E-state index contributed by atoms with van der Waals surface area (Å²) >= 11 is 0. The van der Waals surface area contributed by atoms with E-state index in [2.05, 4.69) is 49.9 Å². The predicted octanol–water partition coefficient (Wildman–Crippen LogP) is 3.57. The number of carbonyl (C=O) groups excluding carboxylic acids is 1. The van der Waals surface area contributed by atoms with Gasteiger partial charge in [0, 0.05) is 32.1 Å². The molecule has 0 N–H and O–H groups in total. The summed E-state index contributed by atoms with van der Waals surface area (Å²) in [5.41, 5.74) is 3.06. The fourth-order valence-electron chi connectivity index (χ4n) is 3.72. The number of hydrogen-bond acceptors (Lipinski definition) is 2. The van der Waals surface area contributed by atoms with E-state index in [0.29, 0.717) is 6.04 Å². The summed E-state index contributed by atoms with van der Waals surface area (Å²) in [7, 11) is 0. The summed E-state index contributed by atoms with van der Waals surface area (Å²) in [4.78, 5) is 16.5. The zero-order valence-electron chi connectivity index (χ0n) is 14.3. The molecule has 1 saturated carbocycles. The summed E-state index contributed by atoms with van der Waals surface area (Å²) in [5.74, 6) is 0.938. The lowest BCUT2D eigenvalue weighted by atomic mass is 9.91. The summed E-state index contributed by atoms with van der Waals surface area (Å²) in [6, 6.07) is 9.19. The highest BCUT2D eigenvalue weighted by Gasteiger charge is 2.38. The van der Waals surface area contributed by atoms with Crippen LogP contribution >= 0.6 is 0 Å². The first kappa shape index (κ1) is 15.5. The fourth-order valence-corrected chi connectivity index (χ4v) is 3.72. The molecule has 3 nitrogen and oxygen atoms in total. The molecule has 2 fully saturated rings. The van der Waals surface area contributed by atoms with E-state index >= 15 is 0 Å². The molecule has 0 aromatic heterocycles. The molecule has 1 saturated heterocycles. The van der Waals surface area contributed by atoms with Crippen LogP contribution in [0.2, 0.25) is 0 Å². The number of amides is 1. The summed E-state index contributed by atoms with van der Waals surface area (Å²) in [6.07, 6.45) is 2.63. The van der Waals surface area contributed by atoms with Gasteiger partial charge in [0.25, 0.3) is 0 Å². The van der Waals surface area contributed by atoms with Crippen LogP contribution in [0, 0.1) is 0 Å². The van der Waals surface area contributed by atoms with E-state index < -0.39 is 0 Å². The number of carbonyl (C=O) groups is 1. The highest BCUT2D eigenvalue weighted by Crippen LogP contribution is 2.45. The van der Waals surface area contributed by atoms with Gasteiger partial charge < -0.3 is 4.90 Å². The number of rotatable bonds is 2. The van der Waals surface area contributed by atoms with E-state index in [1.807, 2.05) is 4.90 Å². The number of piperazine rings is 1. The molecule has 1 aromatic carbocycles. The lowest BCUT2D eigenvalue weighted by Gasteiger charge is -2.48. The molecular formula is C19H28N2O. The number of hydrogen-bond donors (Lipinski definition) is 0. The van der Waals surface area contributed by atoms with E-state index in [4.69, 9.17) is 0 Å². The van der Waals surface area contributed by atoms with Gasteiger partial charge in [-0.3, -0.25) is 9.69 Å². The lowest BCUT2D eigenvalue weighted by Crippen LogP contribution is -2.56. The maximum absolute atomic E-state index is 11.9. The van der Waals surface area contributed by atoms with Crippen LogP contribution in [-0.2, 0) is 4.79 Å². The van der Waals surface area contributed by atoms with Crippen LogP contribution in [0.25, 0.3) is 0 Å². The van der Waals surface area contributed by atoms with Crippen molar-refractivity contribution in [3.05, 3.63) is 35.4 Å². The van der Waals surface area contributed by atoms with Crippen LogP contribution in [0.4, 0.5) is 0 Å². The van der Waals surface area contributed by atoms with Crippen molar-refractivity contribution in [2.24, 2.45) is 0 Å². The second kappa shape index (κ2) is 5.69. The Morgan fingerprint density at radius 1 is 1.09 bits per heavy atom. The predicted molar refractivity (Wildman–Crippen MR) is 89.9 cm³/mol. The summed E-state index contributed by atoms with van der Waals surface area (Å²) in [5, 5.41) is 0. The molecule has 1 aliphatic carbocycles. The van der Waals surface area contributed by atoms with Crippen LogP contribution in [-0.4, -0.2) is 40.9 Å². The largest absolute Gasteiger partial charge is 0.340 e. The van der Waals surface area contributed by atoms with Gasteiger partial charge in [-0.15, -0.1) is 0 Å². The highest BCUT2D eigenvalue weighted by molar-refractivity contribution is 5.73. The van der Waals surface area contributed by atoms with Crippen LogP contribution < -0.4 is 0 Å². The quantitative estimate of drug-likeness (QED) is 0.833. The topological polar surface area (TPSA) is 23.6 Å². The van der Waals surface area contributed by atoms with Crippen molar-refractivity contribution in [3.8, 4) is 0 Å². The fraction of sp³-hybridized carbons (Fsp3) is 0.632. The van der Waals surface area contributed by atoms with Gasteiger partial charge >= 0.3 is 0 Å². The maximum Gasteiger partial charge on any atom is 0.219 e. The van der Waals surface area contributed by atoms with Crippen LogP contribution in [0.3, 0.4) is 0 Å². The van der Waals surface area contributed by atoms with Crippen molar-refractivity contribution in [2.75, 3.05) is 19.6 Å². The Balaban J connectivity index is 1.97. The minimum Gasteiger partial charge on any atom is -0.340 e. The smallest absolute Gasteiger partial charge is 0.219 e. The average Bonchev–Trinajstić information content (AvgIpc) is 3.30. The third kappa shape index (κ3) is 3.05. The number of nitrogens with zero attached hydrogens (tertiary/aromatic N) is 2. The molecule has 22 heavy (non-hydrogen) atoms. The molecule has 0 bridgehead atoms. The Kier molecular flexibility index (Phi) is 4.02. The first-order valence-corrected chi connectivity index (χ1v) is 8.49. The van der Waals surface area contributed by atoms with Gasteiger partial charge in [0.15, 0.2) is 0 Å². The minimum absolute atomic E-state index is 0.115. The molecule has 0 spiro atoms. The Bertz CT molecular complexity index is 557. The van der Waals surface area contributed by atoms with Crippen LogP contribution in [0.15, 0.2) is 24.3 Å². The molecular weight excluding hydrogens is 272 g/mol. The van der Waals surface area contributed by atoms with Crippen molar-refractivity contribution < 1.29 is 4.79 Å². The molecule has 1 heterocycles. The standard InChI is InChI=1S/C19H28N2O/c1-14(22)20-11-12-21(19(2,3)4)18(13-20)17-8-6-5-7-16(17)15-9-10-15/h5-8,15,18H,9-13H2,1-4H3. The second-order valence-corrected chi connectivity index (χ2v) is 7.75. The van der Waals surface area contributed by atoms with Crippen molar-refractivity contribution in [3.63, 3.8) is 0 Å². The van der Waals surface area contributed by atoms with E-state index in [9.17, 15) is 4.79 Å². The van der Waals surface area contributed by atoms with Gasteiger partial charge in [-0.2, -0.15) is 0 Å². The van der Waals surface area contributed by atoms with Crippen LogP contribution in [0.5, 0.6) is 0 Å². The highest BCUT2D eigenvalue weighted by atomic mass is 16.2. The molecule has 3 rings (SSSR count). The van der Waals surface area contributed by atoms with Gasteiger partial charge in [0.05, 0.1) is 6.04 Å². The molecule has 1 amide bonds. The van der Waals surface area contributed by atoms with Gasteiger partial charge in [-0.25, -0.2) is 0 Å². The molecule has 120 valence electrons. The van der Waals surface area contributed by atoms with Crippen molar-refractivity contribution >= 4 is 5.91 Å². The van der Waals surface area contributed by atoms with E-state index in [-0.39, 0.29) is 11.4 Å². The van der Waals surface area contributed by atoms with E-state index in [1.54, 1.807) is 6.92 Å². The first-order valence-electron chi connectivity index (χ1n) is 8.49. The summed E-state index contributed by atoms with van der Waals surface area (Å²) in [6.45, 7) is 11.1. The summed E-state index contributed by atoms with van der Waals surface area (Å²) < 4.78 is 0. The normalized spacial score (nSPS) is 23.6. The van der Waals surface area contributed by atoms with Crippen molar-refractivity contribution in [2.45, 2.75) is 58.0 Å². The Morgan fingerprint density at radius 3 is 2.27 bits per heavy atom. The second-order valence-electron chi connectivity index (χ2n) is 7.75. The molecule has 1 atom stereocenters. The van der Waals surface area contributed by atoms with E-state index in [1.165, 1.54) is 24.0 Å². The first-order chi connectivity index (χ1) is 10.4. The molecule has 1 aromatic rings. The Morgan fingerprint density at radius 2 is 1.73 bits per heavy atom. The van der Waals surface area contributed by atoms with Crippen molar-refractivity contribution in [1.29, 1.82) is 0 Å². The average molecular weight is 300 g/mol. The lowest BCUT2D eigenvalue weighted by molar-refractivity contribution is -0.133. The van der Waals surface area contributed by atoms with Gasteiger partial charge in [-0.05, 0) is 50.7 Å². The zero-order valence-corrected chi connectivity index (χ0v) is 14.3. The monoisotopic (exact) mass is 300 g/mol. The van der Waals surface area contributed by atoms with Crippen molar-refractivity contribution in [1.82, 2.24) is 9.80 Å².